The molecule has 2 rings (SSSR count). The van der Waals surface area contributed by atoms with E-state index in [1.807, 2.05) is 18.2 Å². The van der Waals surface area contributed by atoms with E-state index in [4.69, 9.17) is 5.73 Å². The average Bonchev–Trinajstić information content (AvgIpc) is 2.43. The standard InChI is InChI=1S/C13H15N3O3S/c14-13(17)15-8-9-16-20(18,19)12-7-3-5-10-4-1-2-6-11(10)12/h1-7,16H,8-9H2,(H3,14,15,17). The summed E-state index contributed by atoms with van der Waals surface area (Å²) in [6, 6.07) is 11.6. The number of hydrogen-bond acceptors (Lipinski definition) is 3. The molecule has 0 atom stereocenters. The Kier molecular flexibility index (Phi) is 4.21. The van der Waals surface area contributed by atoms with Crippen molar-refractivity contribution in [3.63, 3.8) is 0 Å². The number of hydrogen-bond donors (Lipinski definition) is 3. The first-order chi connectivity index (χ1) is 9.50. The smallest absolute Gasteiger partial charge is 0.312 e. The summed E-state index contributed by atoms with van der Waals surface area (Å²) in [5, 5.41) is 3.83. The average molecular weight is 293 g/mol. The number of urea groups is 1. The third-order valence-corrected chi connectivity index (χ3v) is 4.27. The summed E-state index contributed by atoms with van der Waals surface area (Å²) in [6.45, 7) is 0.216. The van der Waals surface area contributed by atoms with Gasteiger partial charge in [0.25, 0.3) is 0 Å². The SMILES string of the molecule is NC(=O)NCCNS(=O)(=O)c1cccc2ccccc12. The zero-order chi connectivity index (χ0) is 14.6. The molecule has 20 heavy (non-hydrogen) atoms. The van der Waals surface area contributed by atoms with Crippen molar-refractivity contribution in [2.45, 2.75) is 4.90 Å². The van der Waals surface area contributed by atoms with E-state index in [1.165, 1.54) is 0 Å². The molecule has 4 N–H and O–H groups in total. The Morgan fingerprint density at radius 2 is 1.75 bits per heavy atom. The van der Waals surface area contributed by atoms with Crippen LogP contribution < -0.4 is 15.8 Å². The molecule has 0 aliphatic rings. The van der Waals surface area contributed by atoms with Gasteiger partial charge < -0.3 is 11.1 Å². The van der Waals surface area contributed by atoms with E-state index in [1.54, 1.807) is 24.3 Å². The lowest BCUT2D eigenvalue weighted by Gasteiger charge is -2.09. The normalized spacial score (nSPS) is 11.4. The van der Waals surface area contributed by atoms with E-state index in [0.717, 1.165) is 5.39 Å². The Hall–Kier alpha value is -2.12. The first-order valence-electron chi connectivity index (χ1n) is 6.01. The first-order valence-corrected chi connectivity index (χ1v) is 7.50. The summed E-state index contributed by atoms with van der Waals surface area (Å²) in [5.41, 5.74) is 4.90. The van der Waals surface area contributed by atoms with Gasteiger partial charge >= 0.3 is 6.03 Å². The van der Waals surface area contributed by atoms with Gasteiger partial charge in [-0.3, -0.25) is 0 Å². The van der Waals surface area contributed by atoms with Crippen molar-refractivity contribution >= 4 is 26.8 Å². The third-order valence-electron chi connectivity index (χ3n) is 2.76. The summed E-state index contributed by atoms with van der Waals surface area (Å²) in [7, 11) is -3.63. The summed E-state index contributed by atoms with van der Waals surface area (Å²) < 4.78 is 26.9. The molecule has 0 aromatic heterocycles. The predicted molar refractivity (Wildman–Crippen MR) is 76.7 cm³/mol. The van der Waals surface area contributed by atoms with Crippen molar-refractivity contribution in [3.8, 4) is 0 Å². The number of sulfonamides is 1. The Morgan fingerprint density at radius 3 is 2.50 bits per heavy atom. The van der Waals surface area contributed by atoms with Crippen molar-refractivity contribution in [2.24, 2.45) is 5.73 Å². The van der Waals surface area contributed by atoms with Crippen molar-refractivity contribution < 1.29 is 13.2 Å². The largest absolute Gasteiger partial charge is 0.352 e. The molecule has 2 aromatic rings. The highest BCUT2D eigenvalue weighted by Crippen LogP contribution is 2.22. The quantitative estimate of drug-likeness (QED) is 0.710. The van der Waals surface area contributed by atoms with Crippen molar-refractivity contribution in [1.82, 2.24) is 10.0 Å². The third kappa shape index (κ3) is 3.25. The molecule has 0 bridgehead atoms. The van der Waals surface area contributed by atoms with E-state index in [9.17, 15) is 13.2 Å². The van der Waals surface area contributed by atoms with Gasteiger partial charge in [0.1, 0.15) is 0 Å². The topological polar surface area (TPSA) is 101 Å². The zero-order valence-corrected chi connectivity index (χ0v) is 11.5. The number of rotatable bonds is 5. The van der Waals surface area contributed by atoms with E-state index < -0.39 is 16.1 Å². The summed E-state index contributed by atoms with van der Waals surface area (Å²) in [5.74, 6) is 0. The van der Waals surface area contributed by atoms with Crippen LogP contribution in [0.4, 0.5) is 4.79 Å². The minimum atomic E-state index is -3.63. The lowest BCUT2D eigenvalue weighted by atomic mass is 10.1. The molecule has 2 amide bonds. The Morgan fingerprint density at radius 1 is 1.05 bits per heavy atom. The fraction of sp³-hybridized carbons (Fsp3) is 0.154. The lowest BCUT2D eigenvalue weighted by molar-refractivity contribution is 0.249. The maximum atomic E-state index is 12.2. The van der Waals surface area contributed by atoms with Gasteiger partial charge in [0.2, 0.25) is 10.0 Å². The monoisotopic (exact) mass is 293 g/mol. The number of primary amides is 1. The highest BCUT2D eigenvalue weighted by atomic mass is 32.2. The Balaban J connectivity index is 2.21. The second-order valence-corrected chi connectivity index (χ2v) is 5.90. The molecule has 0 unspecified atom stereocenters. The number of carbonyl (C=O) groups excluding carboxylic acids is 1. The molecule has 7 heteroatoms. The van der Waals surface area contributed by atoms with Crippen LogP contribution in [0, 0.1) is 0 Å². The minimum absolute atomic E-state index is 0.0779. The van der Waals surface area contributed by atoms with Crippen LogP contribution in [0.5, 0.6) is 0 Å². The minimum Gasteiger partial charge on any atom is -0.352 e. The fourth-order valence-electron chi connectivity index (χ4n) is 1.88. The van der Waals surface area contributed by atoms with Crippen molar-refractivity contribution in [2.75, 3.05) is 13.1 Å². The molecule has 0 saturated carbocycles. The molecule has 0 aliphatic heterocycles. The molecule has 106 valence electrons. The maximum Gasteiger partial charge on any atom is 0.312 e. The van der Waals surface area contributed by atoms with E-state index in [-0.39, 0.29) is 18.0 Å². The molecular weight excluding hydrogens is 278 g/mol. The van der Waals surface area contributed by atoms with Gasteiger partial charge in [0.15, 0.2) is 0 Å². The number of nitrogens with one attached hydrogen (secondary N) is 2. The molecule has 6 nitrogen and oxygen atoms in total. The van der Waals surface area contributed by atoms with Crippen LogP contribution in [0.3, 0.4) is 0 Å². The van der Waals surface area contributed by atoms with Crippen LogP contribution in [0.25, 0.3) is 10.8 Å². The van der Waals surface area contributed by atoms with Crippen molar-refractivity contribution in [1.29, 1.82) is 0 Å². The van der Waals surface area contributed by atoms with Gasteiger partial charge in [-0.25, -0.2) is 17.9 Å². The zero-order valence-electron chi connectivity index (χ0n) is 10.7. The number of nitrogens with two attached hydrogens (primary N) is 1. The van der Waals surface area contributed by atoms with E-state index in [0.29, 0.717) is 5.39 Å². The van der Waals surface area contributed by atoms with Crippen LogP contribution >= 0.6 is 0 Å². The van der Waals surface area contributed by atoms with Gasteiger partial charge in [-0.2, -0.15) is 0 Å². The number of benzene rings is 2. The molecule has 0 heterocycles. The Labute approximate surface area is 117 Å². The van der Waals surface area contributed by atoms with Gasteiger partial charge in [0.05, 0.1) is 4.90 Å². The molecular formula is C13H15N3O3S. The van der Waals surface area contributed by atoms with Crippen LogP contribution in [0.15, 0.2) is 47.4 Å². The second kappa shape index (κ2) is 5.89. The second-order valence-electron chi connectivity index (χ2n) is 4.17. The molecule has 0 saturated heterocycles. The van der Waals surface area contributed by atoms with E-state index in [2.05, 4.69) is 10.0 Å². The summed E-state index contributed by atoms with van der Waals surface area (Å²) >= 11 is 0. The van der Waals surface area contributed by atoms with E-state index >= 15 is 0 Å². The van der Waals surface area contributed by atoms with Gasteiger partial charge in [-0.05, 0) is 11.5 Å². The molecule has 2 aromatic carbocycles. The Bertz CT molecular complexity index is 723. The number of carbonyl (C=O) groups is 1. The van der Waals surface area contributed by atoms with Crippen LogP contribution in [-0.2, 0) is 10.0 Å². The van der Waals surface area contributed by atoms with Gasteiger partial charge in [-0.1, -0.05) is 36.4 Å². The van der Waals surface area contributed by atoms with Crippen LogP contribution in [0.1, 0.15) is 0 Å². The van der Waals surface area contributed by atoms with Crippen molar-refractivity contribution in [3.05, 3.63) is 42.5 Å². The predicted octanol–water partition coefficient (Wildman–Crippen LogP) is 0.786. The van der Waals surface area contributed by atoms with Gasteiger partial charge in [-0.15, -0.1) is 0 Å². The highest BCUT2D eigenvalue weighted by molar-refractivity contribution is 7.89. The highest BCUT2D eigenvalue weighted by Gasteiger charge is 2.16. The fourth-order valence-corrected chi connectivity index (χ4v) is 3.14. The van der Waals surface area contributed by atoms with Crippen LogP contribution in [-0.4, -0.2) is 27.5 Å². The van der Waals surface area contributed by atoms with Gasteiger partial charge in [0, 0.05) is 18.5 Å². The molecule has 0 spiro atoms. The first kappa shape index (κ1) is 14.3. The number of fused-ring (bicyclic) bond motifs is 1. The molecule has 0 fully saturated rings. The summed E-state index contributed by atoms with van der Waals surface area (Å²) in [6.07, 6.45) is 0. The van der Waals surface area contributed by atoms with Crippen LogP contribution in [0.2, 0.25) is 0 Å². The summed E-state index contributed by atoms with van der Waals surface area (Å²) in [4.78, 5) is 10.7. The maximum absolute atomic E-state index is 12.2. The molecule has 0 radical (unpaired) electrons. The number of amides is 2. The molecule has 0 aliphatic carbocycles. The lowest BCUT2D eigenvalue weighted by Crippen LogP contribution is -2.37.